The molecule has 0 bridgehead atoms. The number of benzene rings is 1. The van der Waals surface area contributed by atoms with Crippen LogP contribution in [0.4, 0.5) is 0 Å². The average Bonchev–Trinajstić information content (AvgIpc) is 3.29. The minimum atomic E-state index is -0.897. The number of esters is 1. The summed E-state index contributed by atoms with van der Waals surface area (Å²) in [7, 11) is 0. The molecule has 0 spiro atoms. The van der Waals surface area contributed by atoms with E-state index < -0.39 is 35.7 Å². The Kier molecular flexibility index (Phi) is 10.9. The molecule has 3 unspecified atom stereocenters. The van der Waals surface area contributed by atoms with Crippen LogP contribution in [-0.2, 0) is 25.5 Å². The molecular formula is C24H32N2O5S2. The molecule has 180 valence electrons. The third-order valence-corrected chi connectivity index (χ3v) is 7.29. The maximum absolute atomic E-state index is 13.4. The van der Waals surface area contributed by atoms with E-state index >= 15 is 0 Å². The van der Waals surface area contributed by atoms with E-state index in [9.17, 15) is 19.6 Å². The van der Waals surface area contributed by atoms with Gasteiger partial charge in [0.05, 0.1) is 22.1 Å². The predicted octanol–water partition coefficient (Wildman–Crippen LogP) is 3.91. The minimum Gasteiger partial charge on any atom is -0.461 e. The van der Waals surface area contributed by atoms with Gasteiger partial charge in [-0.15, -0.1) is 23.1 Å². The quantitative estimate of drug-likeness (QED) is 0.180. The predicted molar refractivity (Wildman–Crippen MR) is 130 cm³/mol. The number of carbonyl (C=O) groups excluding carboxylic acids is 3. The molecule has 0 radical (unpaired) electrons. The van der Waals surface area contributed by atoms with Gasteiger partial charge in [0.2, 0.25) is 11.8 Å². The lowest BCUT2D eigenvalue weighted by Crippen LogP contribution is -2.51. The van der Waals surface area contributed by atoms with E-state index in [1.807, 2.05) is 61.7 Å². The highest BCUT2D eigenvalue weighted by Gasteiger charge is 2.38. The molecule has 1 heterocycles. The van der Waals surface area contributed by atoms with Gasteiger partial charge in [0, 0.05) is 12.2 Å². The first-order chi connectivity index (χ1) is 15.7. The molecule has 2 aromatic rings. The Bertz CT molecular complexity index is 888. The van der Waals surface area contributed by atoms with Crippen molar-refractivity contribution in [1.29, 1.82) is 0 Å². The smallest absolute Gasteiger partial charge is 0.329 e. The summed E-state index contributed by atoms with van der Waals surface area (Å²) >= 11 is 2.99. The molecule has 3 N–H and O–H groups in total. The molecule has 0 saturated heterocycles. The first-order valence-electron chi connectivity index (χ1n) is 10.9. The lowest BCUT2D eigenvalue weighted by atomic mass is 9.82. The normalized spacial score (nSPS) is 13.9. The van der Waals surface area contributed by atoms with E-state index in [4.69, 9.17) is 4.74 Å². The highest BCUT2D eigenvalue weighted by atomic mass is 32.2. The lowest BCUT2D eigenvalue weighted by molar-refractivity contribution is -0.152. The number of ether oxygens (including phenoxy) is 1. The Morgan fingerprint density at radius 2 is 1.73 bits per heavy atom. The van der Waals surface area contributed by atoms with Crippen LogP contribution >= 0.6 is 23.1 Å². The molecule has 1 aromatic carbocycles. The maximum Gasteiger partial charge on any atom is 0.329 e. The fourth-order valence-corrected chi connectivity index (χ4v) is 5.49. The minimum absolute atomic E-state index is 0.213. The molecule has 33 heavy (non-hydrogen) atoms. The third-order valence-electron chi connectivity index (χ3n) is 5.04. The SMILES string of the molecule is CC(C)OC(=O)C(Cc1ccccc1)NC(=O)C(C(C)C)C(CSc1cccs1)C(=O)NO. The van der Waals surface area contributed by atoms with Gasteiger partial charge in [-0.3, -0.25) is 14.8 Å². The fourth-order valence-electron chi connectivity index (χ4n) is 3.52. The molecule has 0 aliphatic heterocycles. The van der Waals surface area contributed by atoms with Crippen LogP contribution in [0.2, 0.25) is 0 Å². The van der Waals surface area contributed by atoms with Gasteiger partial charge in [0.1, 0.15) is 6.04 Å². The van der Waals surface area contributed by atoms with Gasteiger partial charge >= 0.3 is 5.97 Å². The van der Waals surface area contributed by atoms with Gasteiger partial charge in [0.25, 0.3) is 0 Å². The zero-order chi connectivity index (χ0) is 24.4. The molecule has 0 fully saturated rings. The molecule has 0 saturated carbocycles. The van der Waals surface area contributed by atoms with E-state index in [-0.39, 0.29) is 18.4 Å². The summed E-state index contributed by atoms with van der Waals surface area (Å²) in [6, 6.07) is 12.3. The van der Waals surface area contributed by atoms with Crippen molar-refractivity contribution in [3.63, 3.8) is 0 Å². The first kappa shape index (κ1) is 26.9. The number of rotatable bonds is 12. The van der Waals surface area contributed by atoms with E-state index in [0.717, 1.165) is 9.77 Å². The second-order valence-electron chi connectivity index (χ2n) is 8.33. The Balaban J connectivity index is 2.24. The summed E-state index contributed by atoms with van der Waals surface area (Å²) in [6.07, 6.45) is -0.0623. The molecule has 2 rings (SSSR count). The number of hydrogen-bond donors (Lipinski definition) is 3. The van der Waals surface area contributed by atoms with Crippen LogP contribution < -0.4 is 10.8 Å². The monoisotopic (exact) mass is 492 g/mol. The molecule has 2 amide bonds. The molecule has 0 aliphatic carbocycles. The van der Waals surface area contributed by atoms with Crippen LogP contribution in [0.5, 0.6) is 0 Å². The van der Waals surface area contributed by atoms with Crippen molar-refractivity contribution >= 4 is 40.9 Å². The summed E-state index contributed by atoms with van der Waals surface area (Å²) in [5.41, 5.74) is 2.58. The van der Waals surface area contributed by atoms with Crippen LogP contribution in [0.25, 0.3) is 0 Å². The van der Waals surface area contributed by atoms with Gasteiger partial charge in [-0.25, -0.2) is 10.3 Å². The maximum atomic E-state index is 13.4. The van der Waals surface area contributed by atoms with Crippen LogP contribution in [0.15, 0.2) is 52.1 Å². The van der Waals surface area contributed by atoms with E-state index in [0.29, 0.717) is 5.75 Å². The van der Waals surface area contributed by atoms with Gasteiger partial charge < -0.3 is 10.1 Å². The highest BCUT2D eigenvalue weighted by molar-refractivity contribution is 8.01. The zero-order valence-electron chi connectivity index (χ0n) is 19.3. The molecule has 0 aliphatic rings. The summed E-state index contributed by atoms with van der Waals surface area (Å²) in [4.78, 5) is 38.7. The van der Waals surface area contributed by atoms with Crippen LogP contribution in [0.1, 0.15) is 33.3 Å². The summed E-state index contributed by atoms with van der Waals surface area (Å²) in [5, 5.41) is 14.1. The van der Waals surface area contributed by atoms with Crippen molar-refractivity contribution in [3.05, 3.63) is 53.4 Å². The van der Waals surface area contributed by atoms with Gasteiger partial charge in [-0.05, 0) is 36.8 Å². The van der Waals surface area contributed by atoms with Crippen LogP contribution in [0, 0.1) is 17.8 Å². The number of thioether (sulfide) groups is 1. The molecule has 7 nitrogen and oxygen atoms in total. The molecule has 1 aromatic heterocycles. The van der Waals surface area contributed by atoms with Crippen molar-refractivity contribution in [2.24, 2.45) is 17.8 Å². The van der Waals surface area contributed by atoms with Crippen molar-refractivity contribution in [2.45, 2.75) is 50.5 Å². The van der Waals surface area contributed by atoms with Crippen molar-refractivity contribution in [3.8, 4) is 0 Å². The van der Waals surface area contributed by atoms with Gasteiger partial charge in [0.15, 0.2) is 0 Å². The molecule has 9 heteroatoms. The zero-order valence-corrected chi connectivity index (χ0v) is 20.9. The Hall–Kier alpha value is -2.36. The van der Waals surface area contributed by atoms with E-state index in [1.54, 1.807) is 30.7 Å². The average molecular weight is 493 g/mol. The second-order valence-corrected chi connectivity index (χ2v) is 10.6. The highest BCUT2D eigenvalue weighted by Crippen LogP contribution is 2.31. The Morgan fingerprint density at radius 1 is 1.03 bits per heavy atom. The van der Waals surface area contributed by atoms with E-state index in [1.165, 1.54) is 11.8 Å². The largest absolute Gasteiger partial charge is 0.461 e. The summed E-state index contributed by atoms with van der Waals surface area (Å²) in [5.74, 6) is -3.03. The van der Waals surface area contributed by atoms with E-state index in [2.05, 4.69) is 5.32 Å². The van der Waals surface area contributed by atoms with Crippen molar-refractivity contribution in [1.82, 2.24) is 10.8 Å². The summed E-state index contributed by atoms with van der Waals surface area (Å²) in [6.45, 7) is 7.19. The number of amides is 2. The third kappa shape index (κ3) is 8.49. The number of carbonyl (C=O) groups is 3. The topological polar surface area (TPSA) is 105 Å². The number of hydroxylamine groups is 1. The second kappa shape index (κ2) is 13.4. The molecular weight excluding hydrogens is 460 g/mol. The number of hydrogen-bond acceptors (Lipinski definition) is 7. The Morgan fingerprint density at radius 3 is 2.27 bits per heavy atom. The first-order valence-corrected chi connectivity index (χ1v) is 12.7. The molecule has 3 atom stereocenters. The Labute approximate surface area is 203 Å². The van der Waals surface area contributed by atoms with Gasteiger partial charge in [-0.1, -0.05) is 50.2 Å². The lowest BCUT2D eigenvalue weighted by Gasteiger charge is -2.29. The fraction of sp³-hybridized carbons (Fsp3) is 0.458. The standard InChI is InChI=1S/C24H32N2O5S2/c1-15(2)21(18(22(27)26-30)14-33-20-11-8-12-32-20)23(28)25-19(24(29)31-16(3)4)13-17-9-6-5-7-10-17/h5-12,15-16,18-19,21,30H,13-14H2,1-4H3,(H,25,28)(H,26,27). The van der Waals surface area contributed by atoms with Crippen molar-refractivity contribution < 1.29 is 24.3 Å². The van der Waals surface area contributed by atoms with Crippen LogP contribution in [-0.4, -0.2) is 40.9 Å². The number of nitrogens with one attached hydrogen (secondary N) is 2. The van der Waals surface area contributed by atoms with Crippen LogP contribution in [0.3, 0.4) is 0 Å². The number of thiophene rings is 1. The van der Waals surface area contributed by atoms with Crippen molar-refractivity contribution in [2.75, 3.05) is 5.75 Å². The summed E-state index contributed by atoms with van der Waals surface area (Å²) < 4.78 is 6.39. The van der Waals surface area contributed by atoms with Gasteiger partial charge in [-0.2, -0.15) is 0 Å².